The molecule has 2 atom stereocenters. The molecule has 2 saturated heterocycles. The van der Waals surface area contributed by atoms with E-state index in [2.05, 4.69) is 5.32 Å². The van der Waals surface area contributed by atoms with E-state index in [1.54, 1.807) is 6.92 Å². The lowest BCUT2D eigenvalue weighted by atomic mass is 10.2. The van der Waals surface area contributed by atoms with Gasteiger partial charge in [-0.3, -0.25) is 4.79 Å². The molecule has 2 N–H and O–H groups in total. The fourth-order valence-corrected chi connectivity index (χ4v) is 3.28. The first kappa shape index (κ1) is 14.0. The topological polar surface area (TPSA) is 90.0 Å². The fraction of sp³-hybridized carbons (Fsp3) is 0.727. The van der Waals surface area contributed by atoms with Gasteiger partial charge in [-0.25, -0.2) is 9.59 Å². The van der Waals surface area contributed by atoms with E-state index in [0.29, 0.717) is 25.4 Å². The van der Waals surface area contributed by atoms with Crippen LogP contribution in [0.25, 0.3) is 0 Å². The average molecular weight is 287 g/mol. The maximum absolute atomic E-state index is 12.4. The normalized spacial score (nSPS) is 27.9. The zero-order valence-corrected chi connectivity index (χ0v) is 11.5. The first-order valence-electron chi connectivity index (χ1n) is 6.18. The summed E-state index contributed by atoms with van der Waals surface area (Å²) in [5, 5.41) is 11.9. The molecule has 2 fully saturated rings. The SMILES string of the molecule is CC1C(=O)NCCN1C(=O)N1CCSCC1C(=O)O. The minimum absolute atomic E-state index is 0.196. The first-order valence-corrected chi connectivity index (χ1v) is 7.33. The Balaban J connectivity index is 2.12. The third-order valence-electron chi connectivity index (χ3n) is 3.40. The molecule has 2 aliphatic rings. The van der Waals surface area contributed by atoms with Gasteiger partial charge < -0.3 is 20.2 Å². The predicted molar refractivity (Wildman–Crippen MR) is 70.0 cm³/mol. The summed E-state index contributed by atoms with van der Waals surface area (Å²) in [4.78, 5) is 38.0. The van der Waals surface area contributed by atoms with Gasteiger partial charge in [-0.2, -0.15) is 11.8 Å². The number of aliphatic carboxylic acids is 1. The molecular formula is C11H17N3O4S. The molecule has 2 heterocycles. The van der Waals surface area contributed by atoms with Gasteiger partial charge in [-0.15, -0.1) is 0 Å². The van der Waals surface area contributed by atoms with Gasteiger partial charge in [0.15, 0.2) is 0 Å². The summed E-state index contributed by atoms with van der Waals surface area (Å²) < 4.78 is 0. The zero-order valence-electron chi connectivity index (χ0n) is 10.7. The number of thioether (sulfide) groups is 1. The molecule has 8 heteroatoms. The Morgan fingerprint density at radius 3 is 2.79 bits per heavy atom. The Bertz CT molecular complexity index is 403. The van der Waals surface area contributed by atoms with Crippen LogP contribution in [0.5, 0.6) is 0 Å². The summed E-state index contributed by atoms with van der Waals surface area (Å²) in [6, 6.07) is -1.70. The van der Waals surface area contributed by atoms with E-state index in [4.69, 9.17) is 5.11 Å². The van der Waals surface area contributed by atoms with Crippen molar-refractivity contribution in [3.63, 3.8) is 0 Å². The van der Waals surface area contributed by atoms with Crippen LogP contribution in [0.4, 0.5) is 4.79 Å². The second-order valence-corrected chi connectivity index (χ2v) is 5.72. The Morgan fingerprint density at radius 1 is 1.37 bits per heavy atom. The summed E-state index contributed by atoms with van der Waals surface area (Å²) in [5.74, 6) is -0.0630. The standard InChI is InChI=1S/C11H17N3O4S/c1-7-9(15)12-2-3-13(7)11(18)14-4-5-19-6-8(14)10(16)17/h7-8H,2-6H2,1H3,(H,12,15)(H,16,17). The summed E-state index contributed by atoms with van der Waals surface area (Å²) >= 11 is 1.53. The second-order valence-electron chi connectivity index (χ2n) is 4.57. The Morgan fingerprint density at radius 2 is 2.11 bits per heavy atom. The molecule has 0 aromatic carbocycles. The van der Waals surface area contributed by atoms with Crippen LogP contribution < -0.4 is 5.32 Å². The highest BCUT2D eigenvalue weighted by atomic mass is 32.2. The number of hydrogen-bond acceptors (Lipinski definition) is 4. The van der Waals surface area contributed by atoms with Crippen molar-refractivity contribution in [2.24, 2.45) is 0 Å². The minimum Gasteiger partial charge on any atom is -0.480 e. The smallest absolute Gasteiger partial charge is 0.327 e. The van der Waals surface area contributed by atoms with E-state index in [0.717, 1.165) is 5.75 Å². The predicted octanol–water partition coefficient (Wildman–Crippen LogP) is -0.571. The minimum atomic E-state index is -0.991. The monoisotopic (exact) mass is 287 g/mol. The number of carbonyl (C=O) groups excluding carboxylic acids is 2. The van der Waals surface area contributed by atoms with Crippen molar-refractivity contribution in [3.8, 4) is 0 Å². The third kappa shape index (κ3) is 2.78. The maximum atomic E-state index is 12.4. The average Bonchev–Trinajstić information content (AvgIpc) is 2.41. The zero-order chi connectivity index (χ0) is 14.0. The Kier molecular flexibility index (Phi) is 4.18. The molecule has 0 aromatic rings. The maximum Gasteiger partial charge on any atom is 0.327 e. The first-order chi connectivity index (χ1) is 9.02. The van der Waals surface area contributed by atoms with Crippen molar-refractivity contribution in [1.29, 1.82) is 0 Å². The van der Waals surface area contributed by atoms with Crippen molar-refractivity contribution >= 4 is 29.7 Å². The van der Waals surface area contributed by atoms with Crippen molar-refractivity contribution in [1.82, 2.24) is 15.1 Å². The highest BCUT2D eigenvalue weighted by Crippen LogP contribution is 2.19. The van der Waals surface area contributed by atoms with Crippen LogP contribution in [0.1, 0.15) is 6.92 Å². The number of nitrogens with zero attached hydrogens (tertiary/aromatic N) is 2. The summed E-state index contributed by atoms with van der Waals surface area (Å²) in [6.07, 6.45) is 0. The number of carboxylic acid groups (broad SMARTS) is 1. The molecule has 0 radical (unpaired) electrons. The van der Waals surface area contributed by atoms with Crippen LogP contribution in [0.15, 0.2) is 0 Å². The van der Waals surface area contributed by atoms with Crippen LogP contribution in [-0.2, 0) is 9.59 Å². The number of amides is 3. The van der Waals surface area contributed by atoms with Crippen LogP contribution in [0.3, 0.4) is 0 Å². The van der Waals surface area contributed by atoms with Gasteiger partial charge in [0.2, 0.25) is 5.91 Å². The molecule has 19 heavy (non-hydrogen) atoms. The van der Waals surface area contributed by atoms with Crippen LogP contribution >= 0.6 is 11.8 Å². The molecule has 0 spiro atoms. The second kappa shape index (κ2) is 5.68. The van der Waals surface area contributed by atoms with Gasteiger partial charge in [0.25, 0.3) is 0 Å². The molecule has 7 nitrogen and oxygen atoms in total. The fourth-order valence-electron chi connectivity index (χ4n) is 2.25. The van der Waals surface area contributed by atoms with Gasteiger partial charge >= 0.3 is 12.0 Å². The van der Waals surface area contributed by atoms with Gasteiger partial charge in [0.1, 0.15) is 12.1 Å². The van der Waals surface area contributed by atoms with E-state index >= 15 is 0 Å². The van der Waals surface area contributed by atoms with E-state index in [9.17, 15) is 14.4 Å². The molecule has 3 amide bonds. The van der Waals surface area contributed by atoms with E-state index in [1.807, 2.05) is 0 Å². The quantitative estimate of drug-likeness (QED) is 0.674. The lowest BCUT2D eigenvalue weighted by molar-refractivity contribution is -0.141. The highest BCUT2D eigenvalue weighted by molar-refractivity contribution is 7.99. The van der Waals surface area contributed by atoms with Crippen molar-refractivity contribution in [2.75, 3.05) is 31.1 Å². The van der Waals surface area contributed by atoms with E-state index in [-0.39, 0.29) is 11.9 Å². The largest absolute Gasteiger partial charge is 0.480 e. The Hall–Kier alpha value is -1.44. The van der Waals surface area contributed by atoms with Gasteiger partial charge in [0.05, 0.1) is 0 Å². The van der Waals surface area contributed by atoms with Gasteiger partial charge in [-0.05, 0) is 6.92 Å². The summed E-state index contributed by atoms with van der Waals surface area (Å²) in [6.45, 7) is 2.89. The molecule has 0 bridgehead atoms. The van der Waals surface area contributed by atoms with Crippen molar-refractivity contribution < 1.29 is 19.5 Å². The summed E-state index contributed by atoms with van der Waals surface area (Å²) in [7, 11) is 0. The Labute approximate surface area is 115 Å². The number of rotatable bonds is 1. The molecule has 2 rings (SSSR count). The van der Waals surface area contributed by atoms with E-state index in [1.165, 1.54) is 21.6 Å². The van der Waals surface area contributed by atoms with Crippen LogP contribution in [0, 0.1) is 0 Å². The molecular weight excluding hydrogens is 270 g/mol. The number of piperazine rings is 1. The number of carboxylic acids is 1. The lowest BCUT2D eigenvalue weighted by Gasteiger charge is -2.40. The molecule has 106 valence electrons. The molecule has 2 aliphatic heterocycles. The lowest BCUT2D eigenvalue weighted by Crippen LogP contribution is -2.62. The van der Waals surface area contributed by atoms with Crippen molar-refractivity contribution in [2.45, 2.75) is 19.0 Å². The van der Waals surface area contributed by atoms with Gasteiger partial charge in [-0.1, -0.05) is 0 Å². The number of hydrogen-bond donors (Lipinski definition) is 2. The molecule has 0 aliphatic carbocycles. The highest BCUT2D eigenvalue weighted by Gasteiger charge is 2.38. The third-order valence-corrected chi connectivity index (χ3v) is 4.43. The molecule has 0 aromatic heterocycles. The van der Waals surface area contributed by atoms with Crippen molar-refractivity contribution in [3.05, 3.63) is 0 Å². The van der Waals surface area contributed by atoms with Crippen LogP contribution in [-0.4, -0.2) is 76.0 Å². The van der Waals surface area contributed by atoms with Crippen LogP contribution in [0.2, 0.25) is 0 Å². The summed E-state index contributed by atoms with van der Waals surface area (Å²) in [5.41, 5.74) is 0. The molecule has 2 unspecified atom stereocenters. The molecule has 0 saturated carbocycles. The van der Waals surface area contributed by atoms with Gasteiger partial charge in [0, 0.05) is 31.1 Å². The number of urea groups is 1. The van der Waals surface area contributed by atoms with E-state index < -0.39 is 18.1 Å². The number of nitrogens with one attached hydrogen (secondary N) is 1. The number of carbonyl (C=O) groups is 3.